The normalized spacial score (nSPS) is 17.1. The second-order valence-electron chi connectivity index (χ2n) is 5.04. The molecule has 6 heteroatoms. The van der Waals surface area contributed by atoms with Gasteiger partial charge in [-0.25, -0.2) is 0 Å². The van der Waals surface area contributed by atoms with E-state index < -0.39 is 0 Å². The van der Waals surface area contributed by atoms with Crippen LogP contribution in [0.3, 0.4) is 0 Å². The fourth-order valence-electron chi connectivity index (χ4n) is 2.14. The highest BCUT2D eigenvalue weighted by Crippen LogP contribution is 2.22. The first-order chi connectivity index (χ1) is 11.2. The summed E-state index contributed by atoms with van der Waals surface area (Å²) in [6, 6.07) is 15.5. The molecule has 2 aromatic rings. The van der Waals surface area contributed by atoms with Crippen molar-refractivity contribution < 1.29 is 4.79 Å². The number of benzene rings is 1. The van der Waals surface area contributed by atoms with Crippen LogP contribution in [0.2, 0.25) is 0 Å². The molecule has 1 fully saturated rings. The van der Waals surface area contributed by atoms with E-state index in [0.717, 1.165) is 17.0 Å². The molecular weight excluding hydrogens is 308 g/mol. The van der Waals surface area contributed by atoms with E-state index in [9.17, 15) is 4.79 Å². The fraction of sp³-hybridized carbons (Fsp3) is 0.176. The lowest BCUT2D eigenvalue weighted by Crippen LogP contribution is -2.28. The summed E-state index contributed by atoms with van der Waals surface area (Å²) in [6.45, 7) is 2.37. The summed E-state index contributed by atoms with van der Waals surface area (Å²) in [5.41, 5.74) is 2.57. The van der Waals surface area contributed by atoms with Gasteiger partial charge in [-0.2, -0.15) is 5.10 Å². The monoisotopic (exact) mass is 324 g/mol. The van der Waals surface area contributed by atoms with Gasteiger partial charge in [0.15, 0.2) is 5.17 Å². The molecule has 0 unspecified atom stereocenters. The molecule has 0 radical (unpaired) electrons. The largest absolute Gasteiger partial charge is 0.285 e. The van der Waals surface area contributed by atoms with Crippen LogP contribution in [0, 0.1) is 0 Å². The molecule has 2 heterocycles. The first-order valence-corrected chi connectivity index (χ1v) is 8.23. The number of amides is 1. The molecule has 0 saturated carbocycles. The van der Waals surface area contributed by atoms with Crippen molar-refractivity contribution in [1.82, 2.24) is 9.88 Å². The lowest BCUT2D eigenvalue weighted by atomic mass is 10.2. The van der Waals surface area contributed by atoms with Crippen LogP contribution in [0.1, 0.15) is 18.2 Å². The molecule has 1 aromatic heterocycles. The van der Waals surface area contributed by atoms with E-state index in [2.05, 4.69) is 15.2 Å². The minimum absolute atomic E-state index is 0.0586. The Balaban J connectivity index is 1.79. The number of rotatable bonds is 4. The number of hydrogen-bond acceptors (Lipinski definition) is 5. The van der Waals surface area contributed by atoms with E-state index in [-0.39, 0.29) is 5.91 Å². The summed E-state index contributed by atoms with van der Waals surface area (Å²) in [7, 11) is 0. The van der Waals surface area contributed by atoms with Crippen molar-refractivity contribution in [3.8, 4) is 0 Å². The zero-order valence-corrected chi connectivity index (χ0v) is 13.5. The molecule has 1 aromatic carbocycles. The van der Waals surface area contributed by atoms with Crippen LogP contribution >= 0.6 is 11.8 Å². The maximum atomic E-state index is 12.1. The third kappa shape index (κ3) is 3.84. The van der Waals surface area contributed by atoms with Crippen molar-refractivity contribution in [2.45, 2.75) is 13.5 Å². The van der Waals surface area contributed by atoms with E-state index in [0.29, 0.717) is 17.5 Å². The maximum absolute atomic E-state index is 12.1. The molecule has 1 aliphatic heterocycles. The smallest absolute Gasteiger partial charge is 0.239 e. The summed E-state index contributed by atoms with van der Waals surface area (Å²) in [6.07, 6.45) is 1.72. The Labute approximate surface area is 139 Å². The van der Waals surface area contributed by atoms with Crippen LogP contribution in [-0.4, -0.2) is 32.4 Å². The first-order valence-electron chi connectivity index (χ1n) is 7.25. The van der Waals surface area contributed by atoms with Gasteiger partial charge in [-0.05, 0) is 24.6 Å². The van der Waals surface area contributed by atoms with Crippen LogP contribution < -0.4 is 0 Å². The highest BCUT2D eigenvalue weighted by atomic mass is 32.2. The summed E-state index contributed by atoms with van der Waals surface area (Å²) < 4.78 is 0. The second kappa shape index (κ2) is 7.19. The third-order valence-corrected chi connectivity index (χ3v) is 4.31. The SMILES string of the molecule is C/C(=N/N=C1/SCC(=O)N1Cc1ccccc1)c1ccccn1. The standard InChI is InChI=1S/C17H16N4OS/c1-13(15-9-5-6-10-18-15)19-20-17-21(16(22)12-23-17)11-14-7-3-2-4-8-14/h2-10H,11-12H2,1H3/b19-13-,20-17+. The highest BCUT2D eigenvalue weighted by molar-refractivity contribution is 8.15. The predicted octanol–water partition coefficient (Wildman–Crippen LogP) is 2.94. The van der Waals surface area contributed by atoms with Gasteiger partial charge in [0, 0.05) is 6.20 Å². The molecule has 0 bridgehead atoms. The number of hydrogen-bond donors (Lipinski definition) is 0. The molecule has 5 nitrogen and oxygen atoms in total. The van der Waals surface area contributed by atoms with E-state index in [1.165, 1.54) is 11.8 Å². The van der Waals surface area contributed by atoms with Gasteiger partial charge in [-0.1, -0.05) is 48.2 Å². The highest BCUT2D eigenvalue weighted by Gasteiger charge is 2.28. The third-order valence-electron chi connectivity index (χ3n) is 3.36. The molecule has 23 heavy (non-hydrogen) atoms. The van der Waals surface area contributed by atoms with Gasteiger partial charge in [0.05, 0.1) is 23.7 Å². The minimum Gasteiger partial charge on any atom is -0.285 e. The number of nitrogens with zero attached hydrogens (tertiary/aromatic N) is 4. The summed E-state index contributed by atoms with van der Waals surface area (Å²) in [4.78, 5) is 18.0. The number of amidine groups is 1. The van der Waals surface area contributed by atoms with Crippen molar-refractivity contribution >= 4 is 28.5 Å². The van der Waals surface area contributed by atoms with E-state index in [4.69, 9.17) is 0 Å². The first kappa shape index (κ1) is 15.4. The molecule has 3 rings (SSSR count). The molecule has 1 aliphatic rings. The molecular formula is C17H16N4OS. The fourth-order valence-corrected chi connectivity index (χ4v) is 2.97. The van der Waals surface area contributed by atoms with Crippen molar-refractivity contribution in [3.63, 3.8) is 0 Å². The van der Waals surface area contributed by atoms with Crippen LogP contribution in [0.25, 0.3) is 0 Å². The topological polar surface area (TPSA) is 57.9 Å². The number of carbonyl (C=O) groups excluding carboxylic acids is 1. The predicted molar refractivity (Wildman–Crippen MR) is 93.3 cm³/mol. The molecule has 0 aliphatic carbocycles. The van der Waals surface area contributed by atoms with Gasteiger partial charge in [-0.3, -0.25) is 14.7 Å². The average Bonchev–Trinajstić information content (AvgIpc) is 2.94. The summed E-state index contributed by atoms with van der Waals surface area (Å²) in [5, 5.41) is 9.12. The van der Waals surface area contributed by atoms with Crippen LogP contribution in [0.15, 0.2) is 64.9 Å². The zero-order chi connectivity index (χ0) is 16.1. The number of aromatic nitrogens is 1. The Morgan fingerprint density at radius 1 is 1.22 bits per heavy atom. The van der Waals surface area contributed by atoms with Gasteiger partial charge in [-0.15, -0.1) is 5.10 Å². The van der Waals surface area contributed by atoms with E-state index >= 15 is 0 Å². The molecule has 1 saturated heterocycles. The zero-order valence-electron chi connectivity index (χ0n) is 12.7. The average molecular weight is 324 g/mol. The van der Waals surface area contributed by atoms with Crippen molar-refractivity contribution in [2.24, 2.45) is 10.2 Å². The van der Waals surface area contributed by atoms with E-state index in [1.54, 1.807) is 11.1 Å². The van der Waals surface area contributed by atoms with Crippen LogP contribution in [0.4, 0.5) is 0 Å². The van der Waals surface area contributed by atoms with Gasteiger partial charge >= 0.3 is 0 Å². The molecule has 0 atom stereocenters. The molecule has 0 spiro atoms. The van der Waals surface area contributed by atoms with E-state index in [1.807, 2.05) is 55.5 Å². The van der Waals surface area contributed by atoms with Crippen LogP contribution in [-0.2, 0) is 11.3 Å². The minimum atomic E-state index is 0.0586. The molecule has 0 N–H and O–H groups in total. The molecule has 116 valence electrons. The second-order valence-corrected chi connectivity index (χ2v) is 5.98. The number of carbonyl (C=O) groups is 1. The van der Waals surface area contributed by atoms with Gasteiger partial charge in [0.25, 0.3) is 0 Å². The Morgan fingerprint density at radius 2 is 2.00 bits per heavy atom. The maximum Gasteiger partial charge on any atom is 0.239 e. The van der Waals surface area contributed by atoms with Crippen LogP contribution in [0.5, 0.6) is 0 Å². The Kier molecular flexibility index (Phi) is 4.83. The summed E-state index contributed by atoms with van der Waals surface area (Å²) in [5.74, 6) is 0.465. The Morgan fingerprint density at radius 3 is 2.74 bits per heavy atom. The Hall–Kier alpha value is -2.47. The Bertz CT molecular complexity index is 744. The van der Waals surface area contributed by atoms with Crippen molar-refractivity contribution in [3.05, 3.63) is 66.0 Å². The summed E-state index contributed by atoms with van der Waals surface area (Å²) >= 11 is 1.41. The quantitative estimate of drug-likeness (QED) is 0.642. The number of pyridine rings is 1. The molecule has 1 amide bonds. The van der Waals surface area contributed by atoms with Crippen molar-refractivity contribution in [2.75, 3.05) is 5.75 Å². The lowest BCUT2D eigenvalue weighted by Gasteiger charge is -2.15. The lowest BCUT2D eigenvalue weighted by molar-refractivity contribution is -0.124. The van der Waals surface area contributed by atoms with Gasteiger partial charge in [0.1, 0.15) is 0 Å². The van der Waals surface area contributed by atoms with Crippen molar-refractivity contribution in [1.29, 1.82) is 0 Å². The van der Waals surface area contributed by atoms with Gasteiger partial charge in [0.2, 0.25) is 5.91 Å². The number of thioether (sulfide) groups is 1. The van der Waals surface area contributed by atoms with Gasteiger partial charge < -0.3 is 0 Å².